The van der Waals surface area contributed by atoms with Crippen LogP contribution in [0.4, 0.5) is 0 Å². The van der Waals surface area contributed by atoms with E-state index in [1.807, 2.05) is 0 Å². The zero-order valence-corrected chi connectivity index (χ0v) is 7.64. The molecule has 0 spiro atoms. The Kier molecular flexibility index (Phi) is 338. The molecule has 5 nitrogen and oxygen atoms in total. The molecule has 0 aromatic rings. The normalized spacial score (nSPS) is 3.43. The van der Waals surface area contributed by atoms with Crippen molar-refractivity contribution in [3.63, 3.8) is 0 Å². The SMILES string of the molecule is CO.Cl.Cl.O=CO.OCCO.[CaH2].[KH].[NaH]. The van der Waals surface area contributed by atoms with Crippen LogP contribution in [0.15, 0.2) is 0 Å². The molecule has 0 amide bonds. The van der Waals surface area contributed by atoms with Crippen molar-refractivity contribution in [2.75, 3.05) is 20.3 Å². The van der Waals surface area contributed by atoms with Crippen LogP contribution in [-0.2, 0) is 4.79 Å². The van der Waals surface area contributed by atoms with E-state index in [-0.39, 0.29) is 163 Å². The summed E-state index contributed by atoms with van der Waals surface area (Å²) in [4.78, 5) is 8.36. The van der Waals surface area contributed by atoms with Crippen LogP contribution in [-0.4, -0.2) is 166 Å². The van der Waals surface area contributed by atoms with Gasteiger partial charge in [0.2, 0.25) is 0 Å². The van der Waals surface area contributed by atoms with E-state index in [0.29, 0.717) is 0 Å². The Morgan fingerprint density at radius 2 is 1.14 bits per heavy atom. The van der Waals surface area contributed by atoms with Gasteiger partial charge in [-0.15, -0.1) is 24.8 Å². The quantitative estimate of drug-likeness (QED) is 0.303. The van der Waals surface area contributed by atoms with E-state index in [1.54, 1.807) is 0 Å². The monoisotopic (exact) mass is 318 g/mol. The number of hydrogen-bond donors (Lipinski definition) is 4. The average Bonchev–Trinajstić information content (AvgIpc) is 1.94. The Morgan fingerprint density at radius 3 is 1.14 bits per heavy atom. The van der Waals surface area contributed by atoms with Gasteiger partial charge < -0.3 is 20.4 Å². The number of aliphatic hydroxyl groups excluding tert-OH is 3. The summed E-state index contributed by atoms with van der Waals surface area (Å²) in [7, 11) is 1.00. The summed E-state index contributed by atoms with van der Waals surface area (Å²) in [6, 6.07) is 0. The molecule has 0 aliphatic carbocycles. The Hall–Kier alpha value is 3.83. The molecule has 0 aliphatic rings. The maximum atomic E-state index is 8.36. The van der Waals surface area contributed by atoms with E-state index < -0.39 is 0 Å². The van der Waals surface area contributed by atoms with E-state index in [0.717, 1.165) is 7.11 Å². The van der Waals surface area contributed by atoms with Gasteiger partial charge in [0.1, 0.15) is 0 Å². The average molecular weight is 319 g/mol. The first-order valence-corrected chi connectivity index (χ1v) is 2.07. The minimum atomic E-state index is -0.250. The first kappa shape index (κ1) is 52.3. The van der Waals surface area contributed by atoms with Crippen LogP contribution >= 0.6 is 24.8 Å². The molecule has 0 saturated heterocycles. The van der Waals surface area contributed by atoms with Gasteiger partial charge in [0.25, 0.3) is 6.47 Å². The van der Waals surface area contributed by atoms with E-state index in [1.165, 1.54) is 0 Å². The topological polar surface area (TPSA) is 98.0 Å². The van der Waals surface area contributed by atoms with Gasteiger partial charge in [0, 0.05) is 7.11 Å². The molecule has 0 rings (SSSR count). The fraction of sp³-hybridized carbons (Fsp3) is 0.750. The van der Waals surface area contributed by atoms with Crippen LogP contribution in [0.5, 0.6) is 0 Å². The van der Waals surface area contributed by atoms with Crippen molar-refractivity contribution in [1.29, 1.82) is 0 Å². The Balaban J connectivity index is -0.00000000565. The molecule has 0 bridgehead atoms. The molecule has 0 heterocycles. The third kappa shape index (κ3) is 149. The van der Waals surface area contributed by atoms with Crippen molar-refractivity contribution in [3.05, 3.63) is 0 Å². The standard InChI is InChI=1S/C2H6O2.CH2O2.CH4O.Ca.2ClH.K.Na.4H/c3-1-2-4;2-1-3;1-2;;;;;;;;;/h3-4H,1-2H2;1H,(H,2,3);2H,1H3;;2*1H;;;;;;. The molecular formula is C4H18CaCl2KNaO5. The van der Waals surface area contributed by atoms with Gasteiger partial charge in [-0.1, -0.05) is 0 Å². The predicted octanol–water partition coefficient (Wildman–Crippen LogP) is -3.09. The summed E-state index contributed by atoms with van der Waals surface area (Å²) >= 11 is 0. The zero-order chi connectivity index (χ0) is 8.12. The number of rotatable bonds is 1. The van der Waals surface area contributed by atoms with E-state index >= 15 is 0 Å². The van der Waals surface area contributed by atoms with Crippen LogP contribution in [0.3, 0.4) is 0 Å². The Labute approximate surface area is 191 Å². The summed E-state index contributed by atoms with van der Waals surface area (Å²) in [6.07, 6.45) is 0. The zero-order valence-electron chi connectivity index (χ0n) is 6.01. The second kappa shape index (κ2) is 90.4. The minimum absolute atomic E-state index is 0. The molecule has 82 valence electrons. The van der Waals surface area contributed by atoms with Gasteiger partial charge in [-0.05, 0) is 0 Å². The van der Waals surface area contributed by atoms with Gasteiger partial charge in [0.15, 0.2) is 0 Å². The number of halogens is 2. The Morgan fingerprint density at radius 1 is 1.07 bits per heavy atom. The van der Waals surface area contributed by atoms with Crippen LogP contribution in [0.1, 0.15) is 0 Å². The molecule has 0 saturated carbocycles. The van der Waals surface area contributed by atoms with Gasteiger partial charge in [-0.3, -0.25) is 4.79 Å². The molecule has 0 radical (unpaired) electrons. The first-order valence-electron chi connectivity index (χ1n) is 2.07. The number of carboxylic acid groups (broad SMARTS) is 1. The van der Waals surface area contributed by atoms with Gasteiger partial charge >= 0.3 is 119 Å². The van der Waals surface area contributed by atoms with Crippen LogP contribution in [0.2, 0.25) is 0 Å². The van der Waals surface area contributed by atoms with Gasteiger partial charge in [0.05, 0.1) is 13.2 Å². The molecule has 0 aliphatic heterocycles. The number of aliphatic hydroxyl groups is 3. The summed E-state index contributed by atoms with van der Waals surface area (Å²) in [6.45, 7) is -0.500. The molecule has 0 aromatic carbocycles. The molecule has 0 fully saturated rings. The van der Waals surface area contributed by atoms with Crippen molar-refractivity contribution < 1.29 is 25.2 Å². The second-order valence-electron chi connectivity index (χ2n) is 0.553. The fourth-order valence-electron chi connectivity index (χ4n) is 0. The molecule has 0 atom stereocenters. The van der Waals surface area contributed by atoms with Crippen LogP contribution in [0, 0.1) is 0 Å². The summed E-state index contributed by atoms with van der Waals surface area (Å²) in [5.41, 5.74) is 0. The van der Waals surface area contributed by atoms with Crippen molar-refractivity contribution in [1.82, 2.24) is 0 Å². The number of hydrogen-bond acceptors (Lipinski definition) is 4. The molecule has 0 aromatic heterocycles. The summed E-state index contributed by atoms with van der Waals surface area (Å²) in [5, 5.41) is 29.1. The van der Waals surface area contributed by atoms with E-state index in [2.05, 4.69) is 0 Å². The summed E-state index contributed by atoms with van der Waals surface area (Å²) < 4.78 is 0. The predicted molar refractivity (Wildman–Crippen MR) is 68.3 cm³/mol. The van der Waals surface area contributed by atoms with Crippen molar-refractivity contribution >= 4 is 150 Å². The van der Waals surface area contributed by atoms with E-state index in [4.69, 9.17) is 25.2 Å². The third-order valence-electron chi connectivity index (χ3n) is 0.1000. The maximum absolute atomic E-state index is 8.36. The van der Waals surface area contributed by atoms with Crippen LogP contribution < -0.4 is 0 Å². The first-order chi connectivity index (χ1) is 4.33. The van der Waals surface area contributed by atoms with E-state index in [9.17, 15) is 0 Å². The van der Waals surface area contributed by atoms with Crippen molar-refractivity contribution in [2.24, 2.45) is 0 Å². The molecule has 4 N–H and O–H groups in total. The van der Waals surface area contributed by atoms with Gasteiger partial charge in [-0.25, -0.2) is 0 Å². The molecule has 14 heavy (non-hydrogen) atoms. The second-order valence-corrected chi connectivity index (χ2v) is 0.553. The molecule has 10 heteroatoms. The molecular weight excluding hydrogens is 301 g/mol. The van der Waals surface area contributed by atoms with Crippen LogP contribution in [0.25, 0.3) is 0 Å². The van der Waals surface area contributed by atoms with Crippen molar-refractivity contribution in [3.8, 4) is 0 Å². The third-order valence-corrected chi connectivity index (χ3v) is 0.1000. The number of carbonyl (C=O) groups is 1. The fourth-order valence-corrected chi connectivity index (χ4v) is 0. The molecule has 0 unspecified atom stereocenters. The van der Waals surface area contributed by atoms with Gasteiger partial charge in [-0.2, -0.15) is 0 Å². The van der Waals surface area contributed by atoms with Crippen molar-refractivity contribution in [2.45, 2.75) is 0 Å². The summed E-state index contributed by atoms with van der Waals surface area (Å²) in [5.74, 6) is 0. The Bertz CT molecular complexity index is 50.9.